The number of carbonyl (C=O) groups excluding carboxylic acids is 2. The van der Waals surface area contributed by atoms with Crippen LogP contribution in [0.4, 0.5) is 10.1 Å². The highest BCUT2D eigenvalue weighted by atomic mass is 79.9. The van der Waals surface area contributed by atoms with Crippen LogP contribution < -0.4 is 9.62 Å². The van der Waals surface area contributed by atoms with Crippen molar-refractivity contribution in [1.29, 1.82) is 0 Å². The molecule has 174 valence electrons. The van der Waals surface area contributed by atoms with Crippen LogP contribution in [0.5, 0.6) is 0 Å². The third-order valence-electron chi connectivity index (χ3n) is 4.89. The number of carbonyl (C=O) groups is 2. The van der Waals surface area contributed by atoms with Gasteiger partial charge in [-0.1, -0.05) is 28.1 Å². The third-order valence-corrected chi connectivity index (χ3v) is 6.92. The lowest BCUT2D eigenvalue weighted by atomic mass is 10.1. The Labute approximate surface area is 196 Å². The Hall–Kier alpha value is -2.46. The van der Waals surface area contributed by atoms with Gasteiger partial charge >= 0.3 is 0 Å². The highest BCUT2D eigenvalue weighted by Gasteiger charge is 2.30. The number of likely N-dealkylation sites (N-methyl/N-ethyl adjacent to an activating group) is 1. The van der Waals surface area contributed by atoms with Crippen LogP contribution in [0.15, 0.2) is 46.9 Å². The maximum Gasteiger partial charge on any atom is 0.244 e. The standard InChI is InChI=1S/C22H27BrFN3O4S/c1-5-25-22(29)16(3)26(13-17-6-8-18(24)9-7-17)21(28)14-27(32(4,30)31)19-10-11-20(23)15(2)12-19/h6-12,16H,5,13-14H2,1-4H3,(H,25,29)/t16-/m1/s1. The van der Waals surface area contributed by atoms with Crippen molar-refractivity contribution in [2.45, 2.75) is 33.4 Å². The van der Waals surface area contributed by atoms with E-state index in [4.69, 9.17) is 0 Å². The molecular weight excluding hydrogens is 501 g/mol. The van der Waals surface area contributed by atoms with Gasteiger partial charge in [0.05, 0.1) is 11.9 Å². The summed E-state index contributed by atoms with van der Waals surface area (Å²) in [6, 6.07) is 9.68. The molecule has 2 aromatic carbocycles. The van der Waals surface area contributed by atoms with E-state index in [9.17, 15) is 22.4 Å². The van der Waals surface area contributed by atoms with E-state index in [0.29, 0.717) is 17.8 Å². The zero-order valence-corrected chi connectivity index (χ0v) is 20.8. The Morgan fingerprint density at radius 1 is 1.16 bits per heavy atom. The molecule has 2 rings (SSSR count). The van der Waals surface area contributed by atoms with E-state index in [-0.39, 0.29) is 12.5 Å². The normalized spacial score (nSPS) is 12.2. The lowest BCUT2D eigenvalue weighted by Crippen LogP contribution is -2.51. The maximum absolute atomic E-state index is 13.3. The SMILES string of the molecule is CCNC(=O)[C@@H](C)N(Cc1ccc(F)cc1)C(=O)CN(c1ccc(Br)c(C)c1)S(C)(=O)=O. The molecule has 1 N–H and O–H groups in total. The summed E-state index contributed by atoms with van der Waals surface area (Å²) in [4.78, 5) is 27.1. The second kappa shape index (κ2) is 10.9. The Balaban J connectivity index is 2.39. The van der Waals surface area contributed by atoms with Crippen molar-refractivity contribution in [1.82, 2.24) is 10.2 Å². The van der Waals surface area contributed by atoms with Crippen LogP contribution in [0.2, 0.25) is 0 Å². The van der Waals surface area contributed by atoms with E-state index in [1.165, 1.54) is 29.2 Å². The lowest BCUT2D eigenvalue weighted by molar-refractivity contribution is -0.139. The fraction of sp³-hybridized carbons (Fsp3) is 0.364. The molecule has 0 unspecified atom stereocenters. The second-order valence-corrected chi connectivity index (χ2v) is 10.2. The monoisotopic (exact) mass is 527 g/mol. The number of nitrogens with one attached hydrogen (secondary N) is 1. The summed E-state index contributed by atoms with van der Waals surface area (Å²) in [5, 5.41) is 2.67. The Bertz CT molecular complexity index is 1080. The van der Waals surface area contributed by atoms with Crippen LogP contribution in [0.1, 0.15) is 25.0 Å². The fourth-order valence-corrected chi connectivity index (χ4v) is 4.18. The van der Waals surface area contributed by atoms with Crippen LogP contribution in [-0.2, 0) is 26.2 Å². The van der Waals surface area contributed by atoms with E-state index in [0.717, 1.165) is 20.6 Å². The van der Waals surface area contributed by atoms with Gasteiger partial charge in [-0.25, -0.2) is 12.8 Å². The Kier molecular flexibility index (Phi) is 8.80. The molecule has 2 aromatic rings. The third kappa shape index (κ3) is 6.77. The first-order valence-electron chi connectivity index (χ1n) is 9.99. The summed E-state index contributed by atoms with van der Waals surface area (Å²) in [7, 11) is -3.79. The number of halogens is 2. The largest absolute Gasteiger partial charge is 0.355 e. The van der Waals surface area contributed by atoms with Crippen LogP contribution >= 0.6 is 15.9 Å². The van der Waals surface area contributed by atoms with Gasteiger partial charge in [-0.15, -0.1) is 0 Å². The number of hydrogen-bond acceptors (Lipinski definition) is 4. The molecule has 0 aromatic heterocycles. The molecule has 0 fully saturated rings. The first-order chi connectivity index (χ1) is 14.9. The van der Waals surface area contributed by atoms with Crippen LogP contribution in [-0.4, -0.2) is 50.5 Å². The second-order valence-electron chi connectivity index (χ2n) is 7.42. The molecule has 0 saturated heterocycles. The van der Waals surface area contributed by atoms with Crippen molar-refractivity contribution in [3.63, 3.8) is 0 Å². The van der Waals surface area contributed by atoms with Gasteiger partial charge in [0.1, 0.15) is 18.4 Å². The van der Waals surface area contributed by atoms with Crippen molar-refractivity contribution in [2.75, 3.05) is 23.7 Å². The lowest BCUT2D eigenvalue weighted by Gasteiger charge is -2.31. The minimum Gasteiger partial charge on any atom is -0.355 e. The summed E-state index contributed by atoms with van der Waals surface area (Å²) < 4.78 is 40.1. The van der Waals surface area contributed by atoms with E-state index in [2.05, 4.69) is 21.2 Å². The van der Waals surface area contributed by atoms with Crippen molar-refractivity contribution in [3.05, 3.63) is 63.9 Å². The molecule has 2 amide bonds. The molecular formula is C22H27BrFN3O4S. The van der Waals surface area contributed by atoms with Gasteiger partial charge in [-0.05, 0) is 62.2 Å². The van der Waals surface area contributed by atoms with E-state index in [1.54, 1.807) is 32.0 Å². The number of hydrogen-bond donors (Lipinski definition) is 1. The van der Waals surface area contributed by atoms with E-state index < -0.39 is 34.3 Å². The van der Waals surface area contributed by atoms with Gasteiger partial charge in [-0.3, -0.25) is 13.9 Å². The predicted octanol–water partition coefficient (Wildman–Crippen LogP) is 3.22. The smallest absolute Gasteiger partial charge is 0.244 e. The van der Waals surface area contributed by atoms with Crippen LogP contribution in [0.25, 0.3) is 0 Å². The van der Waals surface area contributed by atoms with Gasteiger partial charge in [0.15, 0.2) is 0 Å². The van der Waals surface area contributed by atoms with Gasteiger partial charge < -0.3 is 10.2 Å². The van der Waals surface area contributed by atoms with Crippen molar-refractivity contribution < 1.29 is 22.4 Å². The van der Waals surface area contributed by atoms with Gasteiger partial charge in [0.25, 0.3) is 0 Å². The first kappa shape index (κ1) is 25.8. The summed E-state index contributed by atoms with van der Waals surface area (Å²) in [5.74, 6) is -1.34. The van der Waals surface area contributed by atoms with Crippen LogP contribution in [0, 0.1) is 12.7 Å². The van der Waals surface area contributed by atoms with E-state index >= 15 is 0 Å². The molecule has 0 heterocycles. The van der Waals surface area contributed by atoms with E-state index in [1.807, 2.05) is 6.92 Å². The molecule has 1 atom stereocenters. The summed E-state index contributed by atoms with van der Waals surface area (Å²) in [6.45, 7) is 5.07. The van der Waals surface area contributed by atoms with Crippen molar-refractivity contribution in [2.24, 2.45) is 0 Å². The number of rotatable bonds is 9. The first-order valence-corrected chi connectivity index (χ1v) is 12.6. The molecule has 0 bridgehead atoms. The number of anilines is 1. The molecule has 0 spiro atoms. The number of nitrogens with zero attached hydrogens (tertiary/aromatic N) is 2. The van der Waals surface area contributed by atoms with Crippen LogP contribution in [0.3, 0.4) is 0 Å². The molecule has 0 aliphatic carbocycles. The zero-order valence-electron chi connectivity index (χ0n) is 18.4. The van der Waals surface area contributed by atoms with Crippen molar-refractivity contribution in [3.8, 4) is 0 Å². The summed E-state index contributed by atoms with van der Waals surface area (Å²) in [5.41, 5.74) is 1.76. The molecule has 0 aliphatic heterocycles. The molecule has 7 nitrogen and oxygen atoms in total. The molecule has 0 saturated carbocycles. The Morgan fingerprint density at radius 3 is 2.31 bits per heavy atom. The zero-order chi connectivity index (χ0) is 24.1. The van der Waals surface area contributed by atoms with Crippen molar-refractivity contribution >= 4 is 43.5 Å². The molecule has 10 heteroatoms. The van der Waals surface area contributed by atoms with Gasteiger partial charge in [0.2, 0.25) is 21.8 Å². The minimum atomic E-state index is -3.79. The highest BCUT2D eigenvalue weighted by molar-refractivity contribution is 9.10. The highest BCUT2D eigenvalue weighted by Crippen LogP contribution is 2.25. The predicted molar refractivity (Wildman–Crippen MR) is 126 cm³/mol. The topological polar surface area (TPSA) is 86.8 Å². The molecule has 0 radical (unpaired) electrons. The average molecular weight is 528 g/mol. The Morgan fingerprint density at radius 2 is 1.78 bits per heavy atom. The molecule has 0 aliphatic rings. The van der Waals surface area contributed by atoms with Gasteiger partial charge in [0, 0.05) is 17.6 Å². The quantitative estimate of drug-likeness (QED) is 0.542. The minimum absolute atomic E-state index is 0.0222. The number of benzene rings is 2. The maximum atomic E-state index is 13.3. The number of aryl methyl sites for hydroxylation is 1. The number of amides is 2. The fourth-order valence-electron chi connectivity index (χ4n) is 3.09. The average Bonchev–Trinajstić information content (AvgIpc) is 2.72. The summed E-state index contributed by atoms with van der Waals surface area (Å²) >= 11 is 3.38. The molecule has 32 heavy (non-hydrogen) atoms. The number of sulfonamides is 1. The summed E-state index contributed by atoms with van der Waals surface area (Å²) in [6.07, 6.45) is 1.02. The van der Waals surface area contributed by atoms with Gasteiger partial charge in [-0.2, -0.15) is 0 Å².